The van der Waals surface area contributed by atoms with Crippen LogP contribution in [0.2, 0.25) is 0 Å². The largest absolute Gasteiger partial charge is 0.333 e. The van der Waals surface area contributed by atoms with Crippen molar-refractivity contribution in [2.45, 2.75) is 6.42 Å². The normalized spacial score (nSPS) is 15.7. The van der Waals surface area contributed by atoms with Gasteiger partial charge < -0.3 is 15.5 Å². The van der Waals surface area contributed by atoms with Crippen molar-refractivity contribution >= 4 is 33.4 Å². The van der Waals surface area contributed by atoms with Crippen molar-refractivity contribution in [2.24, 2.45) is 0 Å². The van der Waals surface area contributed by atoms with Gasteiger partial charge in [-0.15, -0.1) is 0 Å². The van der Waals surface area contributed by atoms with Gasteiger partial charge in [0.1, 0.15) is 0 Å². The van der Waals surface area contributed by atoms with Gasteiger partial charge in [-0.1, -0.05) is 22.0 Å². The molecule has 1 fully saturated rings. The standard InChI is InChI=1S/C13H16BrN3O2/c14-10-3-1-4-11(9-10)16-12(18)13(19)17-7-2-5-15-6-8-17/h1,3-4,9,15H,2,5-8H2,(H,16,18). The fraction of sp³-hybridized carbons (Fsp3) is 0.385. The number of hydrogen-bond donors (Lipinski definition) is 2. The monoisotopic (exact) mass is 325 g/mol. The van der Waals surface area contributed by atoms with E-state index in [2.05, 4.69) is 26.6 Å². The third kappa shape index (κ3) is 4.04. The molecule has 1 saturated heterocycles. The fourth-order valence-corrected chi connectivity index (χ4v) is 2.34. The SMILES string of the molecule is O=C(Nc1cccc(Br)c1)C(=O)N1CCCNCC1. The highest BCUT2D eigenvalue weighted by Gasteiger charge is 2.22. The predicted octanol–water partition coefficient (Wildman–Crippen LogP) is 1.21. The second kappa shape index (κ2) is 6.68. The molecule has 0 atom stereocenters. The van der Waals surface area contributed by atoms with E-state index in [1.807, 2.05) is 6.07 Å². The van der Waals surface area contributed by atoms with Crippen molar-refractivity contribution in [3.63, 3.8) is 0 Å². The molecule has 2 N–H and O–H groups in total. The Kier molecular flexibility index (Phi) is 4.93. The third-order valence-corrected chi connectivity index (χ3v) is 3.40. The molecule has 0 aromatic heterocycles. The summed E-state index contributed by atoms with van der Waals surface area (Å²) in [6.45, 7) is 2.81. The number of anilines is 1. The fourth-order valence-electron chi connectivity index (χ4n) is 1.94. The lowest BCUT2D eigenvalue weighted by atomic mass is 10.3. The molecule has 0 unspecified atom stereocenters. The third-order valence-electron chi connectivity index (χ3n) is 2.90. The maximum Gasteiger partial charge on any atom is 0.313 e. The summed E-state index contributed by atoms with van der Waals surface area (Å²) in [7, 11) is 0. The Balaban J connectivity index is 1.97. The summed E-state index contributed by atoms with van der Waals surface area (Å²) in [6, 6.07) is 7.17. The van der Waals surface area contributed by atoms with Gasteiger partial charge in [0, 0.05) is 29.8 Å². The Morgan fingerprint density at radius 1 is 1.26 bits per heavy atom. The molecule has 5 nitrogen and oxygen atoms in total. The van der Waals surface area contributed by atoms with Crippen molar-refractivity contribution in [1.82, 2.24) is 10.2 Å². The van der Waals surface area contributed by atoms with E-state index in [0.717, 1.165) is 24.0 Å². The lowest BCUT2D eigenvalue weighted by molar-refractivity contribution is -0.143. The summed E-state index contributed by atoms with van der Waals surface area (Å²) in [5, 5.41) is 5.82. The second-order valence-corrected chi connectivity index (χ2v) is 5.28. The predicted molar refractivity (Wildman–Crippen MR) is 76.8 cm³/mol. The molecule has 1 aromatic rings. The number of carbonyl (C=O) groups excluding carboxylic acids is 2. The topological polar surface area (TPSA) is 61.4 Å². The van der Waals surface area contributed by atoms with E-state index in [9.17, 15) is 9.59 Å². The highest BCUT2D eigenvalue weighted by atomic mass is 79.9. The molecule has 6 heteroatoms. The molecule has 1 aromatic carbocycles. The lowest BCUT2D eigenvalue weighted by Gasteiger charge is -2.19. The number of nitrogens with zero attached hydrogens (tertiary/aromatic N) is 1. The Bertz CT molecular complexity index is 471. The first-order valence-corrected chi connectivity index (χ1v) is 7.02. The van der Waals surface area contributed by atoms with Crippen LogP contribution in [0.15, 0.2) is 28.7 Å². The van der Waals surface area contributed by atoms with Gasteiger partial charge in [0.15, 0.2) is 0 Å². The van der Waals surface area contributed by atoms with Crippen molar-refractivity contribution < 1.29 is 9.59 Å². The van der Waals surface area contributed by atoms with E-state index in [4.69, 9.17) is 0 Å². The summed E-state index contributed by atoms with van der Waals surface area (Å²) in [4.78, 5) is 25.5. The maximum absolute atomic E-state index is 12.0. The van der Waals surface area contributed by atoms with Crippen molar-refractivity contribution in [2.75, 3.05) is 31.5 Å². The van der Waals surface area contributed by atoms with E-state index in [1.165, 1.54) is 0 Å². The number of nitrogens with one attached hydrogen (secondary N) is 2. The Morgan fingerprint density at radius 2 is 2.11 bits per heavy atom. The van der Waals surface area contributed by atoms with Crippen molar-refractivity contribution in [1.29, 1.82) is 0 Å². The zero-order valence-corrected chi connectivity index (χ0v) is 12.1. The first-order valence-electron chi connectivity index (χ1n) is 6.23. The van der Waals surface area contributed by atoms with E-state index in [-0.39, 0.29) is 0 Å². The van der Waals surface area contributed by atoms with Crippen LogP contribution in [0.1, 0.15) is 6.42 Å². The highest BCUT2D eigenvalue weighted by Crippen LogP contribution is 2.15. The average Bonchev–Trinajstić information content (AvgIpc) is 2.66. The quantitative estimate of drug-likeness (QED) is 0.763. The molecule has 1 aliphatic heterocycles. The number of halogens is 1. The molecule has 1 aliphatic rings. The van der Waals surface area contributed by atoms with Crippen LogP contribution in [0.5, 0.6) is 0 Å². The molecule has 0 bridgehead atoms. The summed E-state index contributed by atoms with van der Waals surface area (Å²) >= 11 is 3.32. The number of hydrogen-bond acceptors (Lipinski definition) is 3. The molecule has 0 radical (unpaired) electrons. The number of rotatable bonds is 1. The lowest BCUT2D eigenvalue weighted by Crippen LogP contribution is -2.41. The Labute approximate surface area is 120 Å². The van der Waals surface area contributed by atoms with Crippen LogP contribution in [0.25, 0.3) is 0 Å². The molecule has 2 rings (SSSR count). The molecule has 0 saturated carbocycles. The van der Waals surface area contributed by atoms with Gasteiger partial charge in [0.2, 0.25) is 0 Å². The summed E-state index contributed by atoms with van der Waals surface area (Å²) in [5.74, 6) is -1.05. The summed E-state index contributed by atoms with van der Waals surface area (Å²) < 4.78 is 0.858. The van der Waals surface area contributed by atoms with E-state index in [1.54, 1.807) is 23.1 Å². The average molecular weight is 326 g/mol. The van der Waals surface area contributed by atoms with Crippen LogP contribution in [-0.4, -0.2) is 42.9 Å². The first-order chi connectivity index (χ1) is 9.16. The molecular weight excluding hydrogens is 310 g/mol. The van der Waals surface area contributed by atoms with E-state index >= 15 is 0 Å². The van der Waals surface area contributed by atoms with Gasteiger partial charge in [-0.3, -0.25) is 9.59 Å². The highest BCUT2D eigenvalue weighted by molar-refractivity contribution is 9.10. The number of amides is 2. The minimum absolute atomic E-state index is 0.469. The van der Waals surface area contributed by atoms with Crippen LogP contribution in [0.4, 0.5) is 5.69 Å². The molecule has 19 heavy (non-hydrogen) atoms. The molecule has 0 aliphatic carbocycles. The van der Waals surface area contributed by atoms with Crippen molar-refractivity contribution in [3.05, 3.63) is 28.7 Å². The minimum Gasteiger partial charge on any atom is -0.333 e. The zero-order chi connectivity index (χ0) is 13.7. The zero-order valence-electron chi connectivity index (χ0n) is 10.5. The van der Waals surface area contributed by atoms with Gasteiger partial charge in [-0.2, -0.15) is 0 Å². The number of carbonyl (C=O) groups is 2. The number of benzene rings is 1. The molecular formula is C13H16BrN3O2. The molecule has 102 valence electrons. The molecule has 1 heterocycles. The Morgan fingerprint density at radius 3 is 2.89 bits per heavy atom. The van der Waals surface area contributed by atoms with Crippen LogP contribution in [0, 0.1) is 0 Å². The van der Waals surface area contributed by atoms with Crippen molar-refractivity contribution in [3.8, 4) is 0 Å². The van der Waals surface area contributed by atoms with Gasteiger partial charge in [-0.25, -0.2) is 0 Å². The first kappa shape index (κ1) is 14.0. The van der Waals surface area contributed by atoms with Crippen LogP contribution >= 0.6 is 15.9 Å². The molecule has 2 amide bonds. The van der Waals surface area contributed by atoms with E-state index < -0.39 is 11.8 Å². The van der Waals surface area contributed by atoms with Crippen LogP contribution in [0.3, 0.4) is 0 Å². The Hall–Kier alpha value is -1.40. The summed E-state index contributed by atoms with van der Waals surface area (Å²) in [6.07, 6.45) is 0.871. The second-order valence-electron chi connectivity index (χ2n) is 4.36. The van der Waals surface area contributed by atoms with E-state index in [0.29, 0.717) is 18.8 Å². The van der Waals surface area contributed by atoms with Gasteiger partial charge in [-0.05, 0) is 31.2 Å². The van der Waals surface area contributed by atoms with Gasteiger partial charge in [0.05, 0.1) is 0 Å². The smallest absolute Gasteiger partial charge is 0.313 e. The molecule has 0 spiro atoms. The van der Waals surface area contributed by atoms with Crippen LogP contribution in [-0.2, 0) is 9.59 Å². The van der Waals surface area contributed by atoms with Gasteiger partial charge >= 0.3 is 11.8 Å². The minimum atomic E-state index is -0.583. The van der Waals surface area contributed by atoms with Crippen LogP contribution < -0.4 is 10.6 Å². The maximum atomic E-state index is 12.0. The summed E-state index contributed by atoms with van der Waals surface area (Å²) in [5.41, 5.74) is 0.612. The van der Waals surface area contributed by atoms with Gasteiger partial charge in [0.25, 0.3) is 0 Å².